The molecule has 170 valence electrons. The Balaban J connectivity index is 1.85. The molecule has 0 unspecified atom stereocenters. The second kappa shape index (κ2) is 11.0. The summed E-state index contributed by atoms with van der Waals surface area (Å²) in [5, 5.41) is 22.5. The molecule has 0 aliphatic carbocycles. The van der Waals surface area contributed by atoms with E-state index >= 15 is 0 Å². The fraction of sp³-hybridized carbons (Fsp3) is 0.200. The van der Waals surface area contributed by atoms with E-state index in [1.54, 1.807) is 37.3 Å². The van der Waals surface area contributed by atoms with Gasteiger partial charge >= 0.3 is 5.97 Å². The van der Waals surface area contributed by atoms with E-state index < -0.39 is 41.1 Å². The predicted molar refractivity (Wildman–Crippen MR) is 117 cm³/mol. The summed E-state index contributed by atoms with van der Waals surface area (Å²) in [6.07, 6.45) is 1.34. The molecule has 0 aliphatic rings. The van der Waals surface area contributed by atoms with Crippen molar-refractivity contribution in [1.29, 1.82) is 5.41 Å². The van der Waals surface area contributed by atoms with Crippen molar-refractivity contribution in [3.8, 4) is 0 Å². The lowest BCUT2D eigenvalue weighted by Gasteiger charge is -2.15. The molecule has 11 nitrogen and oxygen atoms in total. The molecule has 2 aromatic carbocycles. The summed E-state index contributed by atoms with van der Waals surface area (Å²) in [7, 11) is -4.09. The molecule has 0 bridgehead atoms. The lowest BCUT2D eigenvalue weighted by molar-refractivity contribution is -0.139. The first-order valence-corrected chi connectivity index (χ1v) is 10.7. The number of carbonyl (C=O) groups excluding carboxylic acids is 1. The minimum absolute atomic E-state index is 0.0674. The van der Waals surface area contributed by atoms with Crippen LogP contribution in [0, 0.1) is 12.3 Å². The monoisotopic (exact) mass is 461 g/mol. The van der Waals surface area contributed by atoms with Crippen LogP contribution in [-0.4, -0.2) is 56.6 Å². The van der Waals surface area contributed by atoms with Gasteiger partial charge in [-0.05, 0) is 30.2 Å². The fourth-order valence-corrected chi connectivity index (χ4v) is 3.72. The molecule has 1 atom stereocenters. The average Bonchev–Trinajstić information content (AvgIpc) is 2.74. The quantitative estimate of drug-likeness (QED) is 0.179. The van der Waals surface area contributed by atoms with Crippen molar-refractivity contribution in [2.75, 3.05) is 13.2 Å². The van der Waals surface area contributed by atoms with Crippen molar-refractivity contribution in [2.24, 2.45) is 10.9 Å². The number of carboxylic acids is 1. The van der Waals surface area contributed by atoms with E-state index in [1.165, 1.54) is 24.4 Å². The Morgan fingerprint density at radius 3 is 2.53 bits per heavy atom. The van der Waals surface area contributed by atoms with Crippen molar-refractivity contribution in [3.63, 3.8) is 0 Å². The number of hydrogen-bond acceptors (Lipinski definition) is 7. The zero-order chi connectivity index (χ0) is 23.7. The molecule has 32 heavy (non-hydrogen) atoms. The lowest BCUT2D eigenvalue weighted by atomic mass is 10.1. The maximum atomic E-state index is 12.4. The van der Waals surface area contributed by atoms with Crippen molar-refractivity contribution in [1.82, 2.24) is 10.0 Å². The van der Waals surface area contributed by atoms with Crippen LogP contribution >= 0.6 is 0 Å². The predicted octanol–water partition coefficient (Wildman–Crippen LogP) is 0.177. The number of hydrogen-bond donors (Lipinski definition) is 5. The molecular formula is C20H23N5O6S. The number of carboxylic acid groups (broad SMARTS) is 1. The van der Waals surface area contributed by atoms with Gasteiger partial charge in [-0.15, -0.1) is 0 Å². The molecule has 0 spiro atoms. The largest absolute Gasteiger partial charge is 0.480 e. The number of nitrogens with one attached hydrogen (secondary N) is 3. The normalized spacial score (nSPS) is 12.3. The van der Waals surface area contributed by atoms with Gasteiger partial charge in [-0.2, -0.15) is 4.72 Å². The number of nitrogen functional groups attached to an aromatic ring is 1. The van der Waals surface area contributed by atoms with Gasteiger partial charge in [0.25, 0.3) is 5.91 Å². The van der Waals surface area contributed by atoms with Crippen LogP contribution < -0.4 is 15.8 Å². The van der Waals surface area contributed by atoms with Gasteiger partial charge in [-0.3, -0.25) is 15.0 Å². The number of rotatable bonds is 11. The van der Waals surface area contributed by atoms with Crippen molar-refractivity contribution in [3.05, 3.63) is 65.2 Å². The summed E-state index contributed by atoms with van der Waals surface area (Å²) in [6, 6.07) is 11.0. The van der Waals surface area contributed by atoms with E-state index in [0.29, 0.717) is 16.7 Å². The van der Waals surface area contributed by atoms with Gasteiger partial charge in [-0.25, -0.2) is 8.42 Å². The number of amides is 1. The second-order valence-electron chi connectivity index (χ2n) is 6.68. The maximum absolute atomic E-state index is 12.4. The molecule has 6 N–H and O–H groups in total. The number of nitrogens with two attached hydrogens (primary N) is 1. The fourth-order valence-electron chi connectivity index (χ4n) is 2.43. The van der Waals surface area contributed by atoms with Crippen LogP contribution in [0.4, 0.5) is 0 Å². The van der Waals surface area contributed by atoms with Crippen LogP contribution in [0.3, 0.4) is 0 Å². The van der Waals surface area contributed by atoms with Crippen molar-refractivity contribution >= 4 is 33.9 Å². The minimum Gasteiger partial charge on any atom is -0.480 e. The highest BCUT2D eigenvalue weighted by Crippen LogP contribution is 2.11. The number of nitrogens with zero attached hydrogens (tertiary/aromatic N) is 1. The first kappa shape index (κ1) is 24.5. The Morgan fingerprint density at radius 2 is 1.94 bits per heavy atom. The highest BCUT2D eigenvalue weighted by molar-refractivity contribution is 7.89. The zero-order valence-electron chi connectivity index (χ0n) is 17.1. The van der Waals surface area contributed by atoms with Crippen LogP contribution in [-0.2, 0) is 24.4 Å². The SMILES string of the molecule is Cc1cccc(S(=O)(=O)N[C@@H](CNC(=O)CO/N=C/c2ccc(C(=N)N)cc2)C(=O)O)c1. The molecule has 0 aliphatic heterocycles. The highest BCUT2D eigenvalue weighted by atomic mass is 32.2. The van der Waals surface area contributed by atoms with Crippen LogP contribution in [0.2, 0.25) is 0 Å². The maximum Gasteiger partial charge on any atom is 0.323 e. The summed E-state index contributed by atoms with van der Waals surface area (Å²) in [6.45, 7) is 0.718. The van der Waals surface area contributed by atoms with E-state index in [2.05, 4.69) is 15.2 Å². The van der Waals surface area contributed by atoms with E-state index in [0.717, 1.165) is 0 Å². The summed E-state index contributed by atoms with van der Waals surface area (Å²) < 4.78 is 26.9. The number of carbonyl (C=O) groups is 2. The van der Waals surface area contributed by atoms with Gasteiger partial charge in [0.2, 0.25) is 10.0 Å². The highest BCUT2D eigenvalue weighted by Gasteiger charge is 2.26. The molecule has 1 amide bonds. The number of aryl methyl sites for hydroxylation is 1. The Kier molecular flexibility index (Phi) is 8.44. The van der Waals surface area contributed by atoms with Gasteiger partial charge in [0.05, 0.1) is 11.1 Å². The number of amidine groups is 1. The second-order valence-corrected chi connectivity index (χ2v) is 8.39. The van der Waals surface area contributed by atoms with Crippen LogP contribution in [0.5, 0.6) is 0 Å². The topological polar surface area (TPSA) is 184 Å². The number of sulfonamides is 1. The van der Waals surface area contributed by atoms with Gasteiger partial charge < -0.3 is 21.0 Å². The third-order valence-corrected chi connectivity index (χ3v) is 5.56. The molecular weight excluding hydrogens is 438 g/mol. The van der Waals surface area contributed by atoms with Gasteiger partial charge in [0.15, 0.2) is 6.61 Å². The zero-order valence-corrected chi connectivity index (χ0v) is 17.9. The number of oxime groups is 1. The molecule has 12 heteroatoms. The standard InChI is InChI=1S/C20H23N5O6S/c1-13-3-2-4-16(9-13)32(29,30)25-17(20(27)28)11-23-18(26)12-31-24-10-14-5-7-15(8-6-14)19(21)22/h2-10,17,25H,11-12H2,1H3,(H3,21,22)(H,23,26)(H,27,28)/b24-10+/t17-/m0/s1. The molecule has 0 heterocycles. The Labute approximate surface area is 184 Å². The van der Waals surface area contributed by atoms with E-state index in [4.69, 9.17) is 16.0 Å². The van der Waals surface area contributed by atoms with Crippen LogP contribution in [0.25, 0.3) is 0 Å². The lowest BCUT2D eigenvalue weighted by Crippen LogP contribution is -2.48. The Bertz CT molecular complexity index is 1120. The molecule has 0 radical (unpaired) electrons. The van der Waals surface area contributed by atoms with Gasteiger partial charge in [0.1, 0.15) is 11.9 Å². The molecule has 2 rings (SSSR count). The van der Waals surface area contributed by atoms with E-state index in [1.807, 2.05) is 0 Å². The first-order chi connectivity index (χ1) is 15.1. The van der Waals surface area contributed by atoms with Crippen LogP contribution in [0.15, 0.2) is 58.6 Å². The van der Waals surface area contributed by atoms with E-state index in [-0.39, 0.29) is 10.7 Å². The molecule has 0 fully saturated rings. The summed E-state index contributed by atoms with van der Waals surface area (Å²) in [4.78, 5) is 28.1. The first-order valence-electron chi connectivity index (χ1n) is 9.27. The molecule has 0 aromatic heterocycles. The van der Waals surface area contributed by atoms with Gasteiger partial charge in [-0.1, -0.05) is 41.6 Å². The van der Waals surface area contributed by atoms with Crippen LogP contribution in [0.1, 0.15) is 16.7 Å². The minimum atomic E-state index is -4.09. The summed E-state index contributed by atoms with van der Waals surface area (Å²) in [5.41, 5.74) is 7.25. The van der Waals surface area contributed by atoms with Gasteiger partial charge in [0, 0.05) is 12.1 Å². The summed E-state index contributed by atoms with van der Waals surface area (Å²) in [5.74, 6) is -2.20. The third kappa shape index (κ3) is 7.49. The van der Waals surface area contributed by atoms with E-state index in [9.17, 15) is 23.1 Å². The smallest absolute Gasteiger partial charge is 0.323 e. The number of benzene rings is 2. The third-order valence-electron chi connectivity index (χ3n) is 4.09. The Morgan fingerprint density at radius 1 is 1.25 bits per heavy atom. The number of aliphatic carboxylic acids is 1. The summed E-state index contributed by atoms with van der Waals surface area (Å²) >= 11 is 0. The average molecular weight is 462 g/mol. The molecule has 2 aromatic rings. The van der Waals surface area contributed by atoms with Crippen molar-refractivity contribution in [2.45, 2.75) is 17.9 Å². The molecule has 0 saturated carbocycles. The van der Waals surface area contributed by atoms with Crippen molar-refractivity contribution < 1.29 is 28.0 Å². The Hall–Kier alpha value is -3.77. The molecule has 0 saturated heterocycles.